The Morgan fingerprint density at radius 1 is 1.62 bits per heavy atom. The molecule has 0 aliphatic heterocycles. The molecule has 0 amide bonds. The van der Waals surface area contributed by atoms with Crippen molar-refractivity contribution < 1.29 is 4.79 Å². The van der Waals surface area contributed by atoms with E-state index >= 15 is 0 Å². The highest BCUT2D eigenvalue weighted by Crippen LogP contribution is 2.22. The zero-order chi connectivity index (χ0) is 9.68. The van der Waals surface area contributed by atoms with E-state index < -0.39 is 0 Å². The number of nitrogens with one attached hydrogen (secondary N) is 1. The molecule has 1 rings (SSSR count). The van der Waals surface area contributed by atoms with Gasteiger partial charge in [-0.25, -0.2) is 0 Å². The molecule has 0 radical (unpaired) electrons. The number of hydrogen-bond donors (Lipinski definition) is 1. The third-order valence-electron chi connectivity index (χ3n) is 1.43. The molecule has 0 spiro atoms. The Balaban J connectivity index is 2.77. The van der Waals surface area contributed by atoms with Crippen LogP contribution >= 0.6 is 27.9 Å². The lowest BCUT2D eigenvalue weighted by atomic mass is 10.2. The minimum atomic E-state index is 0.681. The number of aldehydes is 1. The van der Waals surface area contributed by atoms with Crippen molar-refractivity contribution in [2.24, 2.45) is 0 Å². The molecule has 0 aliphatic rings. The van der Waals surface area contributed by atoms with Gasteiger partial charge in [0, 0.05) is 21.5 Å². The van der Waals surface area contributed by atoms with Crippen LogP contribution in [0.4, 0.5) is 0 Å². The average Bonchev–Trinajstić information content (AvgIpc) is 2.15. The van der Waals surface area contributed by atoms with Crippen molar-refractivity contribution in [3.63, 3.8) is 0 Å². The van der Waals surface area contributed by atoms with Crippen LogP contribution in [0.25, 0.3) is 0 Å². The molecule has 70 valence electrons. The van der Waals surface area contributed by atoms with Crippen LogP contribution in [0, 0.1) is 0 Å². The van der Waals surface area contributed by atoms with Crippen molar-refractivity contribution in [1.29, 1.82) is 0 Å². The van der Waals surface area contributed by atoms with Gasteiger partial charge in [0.1, 0.15) is 0 Å². The van der Waals surface area contributed by atoms with Gasteiger partial charge in [0.2, 0.25) is 0 Å². The number of carbonyl (C=O) groups excluding carboxylic acids is 1. The van der Waals surface area contributed by atoms with E-state index in [0.29, 0.717) is 5.56 Å². The maximum atomic E-state index is 10.5. The van der Waals surface area contributed by atoms with Gasteiger partial charge in [-0.2, -0.15) is 0 Å². The molecule has 1 aromatic rings. The lowest BCUT2D eigenvalue weighted by Crippen LogP contribution is -1.99. The first-order valence-electron chi connectivity index (χ1n) is 3.92. The molecule has 0 saturated carbocycles. The molecule has 0 aromatic heterocycles. The summed E-state index contributed by atoms with van der Waals surface area (Å²) < 4.78 is 3.98. The van der Waals surface area contributed by atoms with Crippen LogP contribution in [0.3, 0.4) is 0 Å². The lowest BCUT2D eigenvalue weighted by molar-refractivity contribution is 0.112. The van der Waals surface area contributed by atoms with Crippen LogP contribution < -0.4 is 4.72 Å². The predicted molar refractivity (Wildman–Crippen MR) is 59.1 cm³/mol. The number of rotatable bonds is 4. The summed E-state index contributed by atoms with van der Waals surface area (Å²) in [5.41, 5.74) is 0.681. The first-order chi connectivity index (χ1) is 6.27. The van der Waals surface area contributed by atoms with E-state index in [-0.39, 0.29) is 0 Å². The fraction of sp³-hybridized carbons (Fsp3) is 0.222. The van der Waals surface area contributed by atoms with Gasteiger partial charge in [0.25, 0.3) is 0 Å². The summed E-state index contributed by atoms with van der Waals surface area (Å²) in [5.74, 6) is 0. The monoisotopic (exact) mass is 259 g/mol. The quantitative estimate of drug-likeness (QED) is 0.666. The largest absolute Gasteiger partial charge is 0.298 e. The summed E-state index contributed by atoms with van der Waals surface area (Å²) in [7, 11) is 0. The van der Waals surface area contributed by atoms with Crippen molar-refractivity contribution in [2.75, 3.05) is 6.54 Å². The first kappa shape index (κ1) is 10.8. The van der Waals surface area contributed by atoms with Gasteiger partial charge in [0.15, 0.2) is 6.29 Å². The lowest BCUT2D eigenvalue weighted by Gasteiger charge is -2.02. The van der Waals surface area contributed by atoms with Gasteiger partial charge >= 0.3 is 0 Å². The second kappa shape index (κ2) is 5.42. The SMILES string of the molecule is CCNSc1ccc(C=O)c(Br)c1. The topological polar surface area (TPSA) is 29.1 Å². The van der Waals surface area contributed by atoms with Gasteiger partial charge in [-0.3, -0.25) is 9.52 Å². The van der Waals surface area contributed by atoms with Crippen LogP contribution in [0.5, 0.6) is 0 Å². The van der Waals surface area contributed by atoms with E-state index in [0.717, 1.165) is 22.2 Å². The second-order valence-electron chi connectivity index (χ2n) is 2.40. The molecular weight excluding hydrogens is 250 g/mol. The Bertz CT molecular complexity index is 304. The van der Waals surface area contributed by atoms with E-state index in [1.165, 1.54) is 0 Å². The molecule has 0 saturated heterocycles. The molecule has 1 N–H and O–H groups in total. The standard InChI is InChI=1S/C9H10BrNOS/c1-2-11-13-8-4-3-7(6-12)9(10)5-8/h3-6,11H,2H2,1H3. The third-order valence-corrected chi connectivity index (χ3v) is 3.04. The highest BCUT2D eigenvalue weighted by Gasteiger charge is 1.99. The molecule has 2 nitrogen and oxygen atoms in total. The van der Waals surface area contributed by atoms with Crippen molar-refractivity contribution in [2.45, 2.75) is 11.8 Å². The molecule has 13 heavy (non-hydrogen) atoms. The summed E-state index contributed by atoms with van der Waals surface area (Å²) in [6, 6.07) is 5.65. The smallest absolute Gasteiger partial charge is 0.151 e. The highest BCUT2D eigenvalue weighted by molar-refractivity contribution is 9.10. The number of carbonyl (C=O) groups is 1. The zero-order valence-electron chi connectivity index (χ0n) is 7.21. The maximum absolute atomic E-state index is 10.5. The fourth-order valence-corrected chi connectivity index (χ4v) is 2.07. The van der Waals surface area contributed by atoms with E-state index in [1.807, 2.05) is 19.1 Å². The van der Waals surface area contributed by atoms with Crippen molar-refractivity contribution in [1.82, 2.24) is 4.72 Å². The van der Waals surface area contributed by atoms with E-state index in [9.17, 15) is 4.79 Å². The van der Waals surface area contributed by atoms with Gasteiger partial charge in [-0.05, 0) is 30.1 Å². The van der Waals surface area contributed by atoms with Gasteiger partial charge < -0.3 is 0 Å². The summed E-state index contributed by atoms with van der Waals surface area (Å²) >= 11 is 4.88. The Hall–Kier alpha value is -0.320. The molecule has 4 heteroatoms. The summed E-state index contributed by atoms with van der Waals surface area (Å²) in [5, 5.41) is 0. The minimum absolute atomic E-state index is 0.681. The highest BCUT2D eigenvalue weighted by atomic mass is 79.9. The molecule has 0 fully saturated rings. The molecule has 0 aliphatic carbocycles. The Morgan fingerprint density at radius 3 is 2.92 bits per heavy atom. The van der Waals surface area contributed by atoms with Crippen LogP contribution in [0.1, 0.15) is 17.3 Å². The Labute approximate surface area is 90.4 Å². The summed E-state index contributed by atoms with van der Waals surface area (Å²) in [6.07, 6.45) is 0.839. The van der Waals surface area contributed by atoms with Crippen LogP contribution in [0.15, 0.2) is 27.6 Å². The summed E-state index contributed by atoms with van der Waals surface area (Å²) in [4.78, 5) is 11.6. The van der Waals surface area contributed by atoms with Crippen LogP contribution in [-0.4, -0.2) is 12.8 Å². The molecule has 0 heterocycles. The van der Waals surface area contributed by atoms with Crippen molar-refractivity contribution >= 4 is 34.2 Å². The van der Waals surface area contributed by atoms with Crippen molar-refractivity contribution in [3.05, 3.63) is 28.2 Å². The number of benzene rings is 1. The third kappa shape index (κ3) is 3.14. The maximum Gasteiger partial charge on any atom is 0.151 e. The normalized spacial score (nSPS) is 10.0. The van der Waals surface area contributed by atoms with Crippen LogP contribution in [-0.2, 0) is 0 Å². The first-order valence-corrected chi connectivity index (χ1v) is 5.53. The second-order valence-corrected chi connectivity index (χ2v) is 4.22. The Morgan fingerprint density at radius 2 is 2.38 bits per heavy atom. The van der Waals surface area contributed by atoms with Crippen LogP contribution in [0.2, 0.25) is 0 Å². The molecule has 0 bridgehead atoms. The zero-order valence-corrected chi connectivity index (χ0v) is 9.61. The van der Waals surface area contributed by atoms with E-state index in [4.69, 9.17) is 0 Å². The fourth-order valence-electron chi connectivity index (χ4n) is 0.822. The molecular formula is C9H10BrNOS. The minimum Gasteiger partial charge on any atom is -0.298 e. The number of hydrogen-bond acceptors (Lipinski definition) is 3. The average molecular weight is 260 g/mol. The van der Waals surface area contributed by atoms with Gasteiger partial charge in [-0.15, -0.1) is 0 Å². The van der Waals surface area contributed by atoms with Gasteiger partial charge in [0.05, 0.1) is 0 Å². The summed E-state index contributed by atoms with van der Waals surface area (Å²) in [6.45, 7) is 2.96. The molecule has 1 aromatic carbocycles. The van der Waals surface area contributed by atoms with Crippen molar-refractivity contribution in [3.8, 4) is 0 Å². The predicted octanol–water partition coefficient (Wildman–Crippen LogP) is 2.88. The van der Waals surface area contributed by atoms with E-state index in [1.54, 1.807) is 18.0 Å². The number of halogens is 1. The molecule has 0 atom stereocenters. The molecule has 0 unspecified atom stereocenters. The Kier molecular flexibility index (Phi) is 4.48. The van der Waals surface area contributed by atoms with Gasteiger partial charge in [-0.1, -0.05) is 22.9 Å². The van der Waals surface area contributed by atoms with E-state index in [2.05, 4.69) is 20.7 Å².